The molecule has 0 fully saturated rings. The second-order valence-corrected chi connectivity index (χ2v) is 12.5. The van der Waals surface area contributed by atoms with Crippen molar-refractivity contribution < 1.29 is 37.0 Å². The molecule has 0 aliphatic heterocycles. The Bertz CT molecular complexity index is 1340. The molecule has 3 rings (SSSR count). The van der Waals surface area contributed by atoms with Crippen LogP contribution in [0.4, 0.5) is 0 Å². The largest absolute Gasteiger partial charge is 0.494 e. The third-order valence-electron chi connectivity index (χ3n) is 5.60. The standard InChI is InChI=1S/C25H29O8PS/c1-18(34(28,29)33-22-11-13-24(14-12-22)35(2,30)31)19-7-8-21-17-23(10-9-20(21)16-19)32-15-5-3-4-6-25(26)27/h7-14,16-18H,3-6,15H2,1-2H3,(H,26,27)(H,28,29). The van der Waals surface area contributed by atoms with Crippen LogP contribution in [0.2, 0.25) is 0 Å². The second kappa shape index (κ2) is 11.2. The van der Waals surface area contributed by atoms with Crippen LogP contribution < -0.4 is 9.26 Å². The Labute approximate surface area is 205 Å². The second-order valence-electron chi connectivity index (χ2n) is 8.40. The summed E-state index contributed by atoms with van der Waals surface area (Å²) < 4.78 is 47.3. The first-order valence-electron chi connectivity index (χ1n) is 11.2. The molecular weight excluding hydrogens is 491 g/mol. The summed E-state index contributed by atoms with van der Waals surface area (Å²) in [5.74, 6) is 0.0207. The third kappa shape index (κ3) is 7.56. The van der Waals surface area contributed by atoms with Crippen molar-refractivity contribution >= 4 is 34.2 Å². The minimum Gasteiger partial charge on any atom is -0.494 e. The zero-order chi connectivity index (χ0) is 25.6. The minimum absolute atomic E-state index is 0.0988. The highest BCUT2D eigenvalue weighted by Gasteiger charge is 2.31. The molecule has 0 bridgehead atoms. The number of unbranched alkanes of at least 4 members (excludes halogenated alkanes) is 2. The van der Waals surface area contributed by atoms with Crippen LogP contribution >= 0.6 is 7.60 Å². The lowest BCUT2D eigenvalue weighted by atomic mass is 10.1. The maximum Gasteiger partial charge on any atom is 0.383 e. The van der Waals surface area contributed by atoms with E-state index in [2.05, 4.69) is 0 Å². The smallest absolute Gasteiger partial charge is 0.383 e. The number of benzene rings is 3. The maximum atomic E-state index is 12.9. The van der Waals surface area contributed by atoms with Gasteiger partial charge in [0.1, 0.15) is 11.5 Å². The fraction of sp³-hybridized carbons (Fsp3) is 0.320. The Hall–Kier alpha value is -2.87. The van der Waals surface area contributed by atoms with Gasteiger partial charge in [-0.05, 0) is 78.9 Å². The van der Waals surface area contributed by atoms with Crippen molar-refractivity contribution in [2.24, 2.45) is 0 Å². The molecule has 188 valence electrons. The van der Waals surface area contributed by atoms with E-state index in [1.54, 1.807) is 13.0 Å². The normalized spacial score (nSPS) is 14.3. The number of carbonyl (C=O) groups is 1. The van der Waals surface area contributed by atoms with Crippen LogP contribution in [0.3, 0.4) is 0 Å². The van der Waals surface area contributed by atoms with Crippen LogP contribution in [0, 0.1) is 0 Å². The summed E-state index contributed by atoms with van der Waals surface area (Å²) in [6.07, 6.45) is 3.43. The van der Waals surface area contributed by atoms with Crippen LogP contribution in [-0.2, 0) is 19.2 Å². The predicted octanol–water partition coefficient (Wildman–Crippen LogP) is 5.59. The Morgan fingerprint density at radius 2 is 1.57 bits per heavy atom. The van der Waals surface area contributed by atoms with Gasteiger partial charge in [-0.3, -0.25) is 4.79 Å². The Morgan fingerprint density at radius 1 is 0.943 bits per heavy atom. The lowest BCUT2D eigenvalue weighted by molar-refractivity contribution is -0.137. The molecule has 35 heavy (non-hydrogen) atoms. The van der Waals surface area contributed by atoms with E-state index in [4.69, 9.17) is 14.4 Å². The van der Waals surface area contributed by atoms with E-state index in [9.17, 15) is 22.7 Å². The van der Waals surface area contributed by atoms with Gasteiger partial charge in [-0.1, -0.05) is 24.3 Å². The van der Waals surface area contributed by atoms with Crippen molar-refractivity contribution in [1.29, 1.82) is 0 Å². The molecule has 0 spiro atoms. The van der Waals surface area contributed by atoms with Gasteiger partial charge in [0.05, 0.1) is 17.2 Å². The van der Waals surface area contributed by atoms with Gasteiger partial charge in [-0.25, -0.2) is 13.0 Å². The van der Waals surface area contributed by atoms with Crippen LogP contribution in [0.5, 0.6) is 11.5 Å². The molecule has 0 radical (unpaired) electrons. The molecular formula is C25H29O8PS. The number of rotatable bonds is 12. The molecule has 0 amide bonds. The summed E-state index contributed by atoms with van der Waals surface area (Å²) in [6, 6.07) is 16.4. The number of fused-ring (bicyclic) bond motifs is 1. The minimum atomic E-state index is -4.11. The van der Waals surface area contributed by atoms with Gasteiger partial charge in [0.25, 0.3) is 0 Å². The number of hydrogen-bond acceptors (Lipinski definition) is 6. The summed E-state index contributed by atoms with van der Waals surface area (Å²) >= 11 is 0. The van der Waals surface area contributed by atoms with E-state index >= 15 is 0 Å². The molecule has 0 saturated carbocycles. The fourth-order valence-corrected chi connectivity index (χ4v) is 5.25. The highest BCUT2D eigenvalue weighted by Crippen LogP contribution is 2.56. The molecule has 0 aliphatic rings. The maximum absolute atomic E-state index is 12.9. The summed E-state index contributed by atoms with van der Waals surface area (Å²) in [5.41, 5.74) is -0.189. The number of carboxylic acid groups (broad SMARTS) is 1. The Kier molecular flexibility index (Phi) is 8.59. The van der Waals surface area contributed by atoms with Crippen LogP contribution in [0.15, 0.2) is 65.6 Å². The quantitative estimate of drug-likeness (QED) is 0.234. The van der Waals surface area contributed by atoms with Gasteiger partial charge < -0.3 is 19.3 Å². The van der Waals surface area contributed by atoms with Gasteiger partial charge in [0, 0.05) is 12.7 Å². The van der Waals surface area contributed by atoms with E-state index in [1.165, 1.54) is 24.3 Å². The topological polar surface area (TPSA) is 127 Å². The number of carboxylic acids is 1. The zero-order valence-electron chi connectivity index (χ0n) is 19.6. The first-order valence-corrected chi connectivity index (χ1v) is 14.7. The fourth-order valence-electron chi connectivity index (χ4n) is 3.50. The van der Waals surface area contributed by atoms with Crippen molar-refractivity contribution in [2.45, 2.75) is 43.2 Å². The lowest BCUT2D eigenvalue weighted by Gasteiger charge is -2.20. The summed E-state index contributed by atoms with van der Waals surface area (Å²) in [7, 11) is -7.49. The third-order valence-corrected chi connectivity index (χ3v) is 8.48. The van der Waals surface area contributed by atoms with Gasteiger partial charge in [0.2, 0.25) is 0 Å². The molecule has 2 atom stereocenters. The molecule has 0 heterocycles. The van der Waals surface area contributed by atoms with Crippen molar-refractivity contribution in [2.75, 3.05) is 12.9 Å². The van der Waals surface area contributed by atoms with E-state index in [0.29, 0.717) is 24.3 Å². The SMILES string of the molecule is CC(c1ccc2cc(OCCCCCC(=O)O)ccc2c1)P(=O)(O)Oc1ccc(S(C)(=O)=O)cc1. The van der Waals surface area contributed by atoms with Gasteiger partial charge in [-0.15, -0.1) is 0 Å². The molecule has 0 saturated heterocycles. The first-order chi connectivity index (χ1) is 16.5. The summed E-state index contributed by atoms with van der Waals surface area (Å²) in [6.45, 7) is 2.10. The average Bonchev–Trinajstić information content (AvgIpc) is 2.79. The Morgan fingerprint density at radius 3 is 2.23 bits per heavy atom. The van der Waals surface area contributed by atoms with Crippen molar-refractivity contribution in [3.8, 4) is 11.5 Å². The van der Waals surface area contributed by atoms with Gasteiger partial charge >= 0.3 is 13.6 Å². The predicted molar refractivity (Wildman–Crippen MR) is 134 cm³/mol. The van der Waals surface area contributed by atoms with Gasteiger partial charge in [-0.2, -0.15) is 0 Å². The van der Waals surface area contributed by atoms with Crippen molar-refractivity contribution in [1.82, 2.24) is 0 Å². The number of sulfone groups is 1. The molecule has 2 unspecified atom stereocenters. The molecule has 0 aliphatic carbocycles. The Balaban J connectivity index is 1.64. The van der Waals surface area contributed by atoms with Crippen LogP contribution in [0.25, 0.3) is 10.8 Å². The van der Waals surface area contributed by atoms with E-state index in [0.717, 1.165) is 29.9 Å². The molecule has 3 aromatic carbocycles. The zero-order valence-corrected chi connectivity index (χ0v) is 21.3. The lowest BCUT2D eigenvalue weighted by Crippen LogP contribution is -2.02. The van der Waals surface area contributed by atoms with Crippen molar-refractivity contribution in [3.63, 3.8) is 0 Å². The van der Waals surface area contributed by atoms with E-state index < -0.39 is 29.1 Å². The van der Waals surface area contributed by atoms with E-state index in [-0.39, 0.29) is 17.1 Å². The molecule has 3 aromatic rings. The molecule has 8 nitrogen and oxygen atoms in total. The number of hydrogen-bond donors (Lipinski definition) is 2. The molecule has 10 heteroatoms. The molecule has 2 N–H and O–H groups in total. The number of ether oxygens (including phenoxy) is 1. The van der Waals surface area contributed by atoms with Gasteiger partial charge in [0.15, 0.2) is 9.84 Å². The number of aliphatic carboxylic acids is 1. The molecule has 0 aromatic heterocycles. The van der Waals surface area contributed by atoms with E-state index in [1.807, 2.05) is 30.3 Å². The van der Waals surface area contributed by atoms with Crippen molar-refractivity contribution in [3.05, 3.63) is 66.2 Å². The highest BCUT2D eigenvalue weighted by molar-refractivity contribution is 7.90. The summed E-state index contributed by atoms with van der Waals surface area (Å²) in [4.78, 5) is 21.2. The average molecular weight is 521 g/mol. The monoisotopic (exact) mass is 520 g/mol. The highest BCUT2D eigenvalue weighted by atomic mass is 32.2. The van der Waals surface area contributed by atoms with Crippen LogP contribution in [-0.4, -0.2) is 37.2 Å². The first kappa shape index (κ1) is 26.7. The van der Waals surface area contributed by atoms with Crippen LogP contribution in [0.1, 0.15) is 43.8 Å². The summed E-state index contributed by atoms with van der Waals surface area (Å²) in [5, 5.41) is 10.4.